The number of aryl methyl sites for hydroxylation is 1. The Balaban J connectivity index is 2.21. The molecule has 4 nitrogen and oxygen atoms in total. The molecule has 1 saturated carbocycles. The molecule has 8 heteroatoms. The summed E-state index contributed by atoms with van der Waals surface area (Å²) in [5.74, 6) is 0.910. The Bertz CT molecular complexity index is 726. The Morgan fingerprint density at radius 1 is 1.16 bits per heavy atom. The van der Waals surface area contributed by atoms with Gasteiger partial charge in [-0.15, -0.1) is 0 Å². The van der Waals surface area contributed by atoms with Crippen molar-refractivity contribution in [3.05, 3.63) is 29.3 Å². The van der Waals surface area contributed by atoms with E-state index >= 15 is 0 Å². The second kappa shape index (κ2) is 11.1. The molecule has 1 N–H and O–H groups in total. The maximum absolute atomic E-state index is 12.6. The zero-order chi connectivity index (χ0) is 23.2. The first kappa shape index (κ1) is 26.1. The summed E-state index contributed by atoms with van der Waals surface area (Å²) in [6, 6.07) is 5.47. The van der Waals surface area contributed by atoms with E-state index in [0.29, 0.717) is 18.2 Å². The number of benzene rings is 1. The van der Waals surface area contributed by atoms with Crippen molar-refractivity contribution in [3.8, 4) is 5.75 Å². The Hall–Kier alpha value is -1.12. The van der Waals surface area contributed by atoms with Gasteiger partial charge in [0.15, 0.2) is 0 Å². The molecule has 0 amide bonds. The summed E-state index contributed by atoms with van der Waals surface area (Å²) in [5.41, 5.74) is 2.11. The second-order valence-electron chi connectivity index (χ2n) is 9.34. The van der Waals surface area contributed by atoms with Gasteiger partial charge in [-0.25, -0.2) is 8.93 Å². The maximum Gasteiger partial charge on any atom is 0.392 e. The largest absolute Gasteiger partial charge is 0.493 e. The Morgan fingerprint density at radius 2 is 1.81 bits per heavy atom. The lowest BCUT2D eigenvalue weighted by Crippen LogP contribution is -2.38. The minimum Gasteiger partial charge on any atom is -0.493 e. The molecule has 0 saturated heterocycles. The van der Waals surface area contributed by atoms with Crippen molar-refractivity contribution in [1.29, 1.82) is 0 Å². The number of hydrogen-bond donors (Lipinski definition) is 1. The summed E-state index contributed by atoms with van der Waals surface area (Å²) in [6.45, 7) is 7.92. The van der Waals surface area contributed by atoms with Crippen LogP contribution in [0.1, 0.15) is 69.9 Å². The SMILES string of the molecule is COC1CCC(C(CNS(=O)C(C)(C)C)c2cc(OCCC(F)(F)F)ccc2C)CC1. The average molecular weight is 464 g/mol. The molecule has 2 rings (SSSR count). The van der Waals surface area contributed by atoms with Crippen LogP contribution in [0.3, 0.4) is 0 Å². The van der Waals surface area contributed by atoms with Gasteiger partial charge in [0.2, 0.25) is 0 Å². The van der Waals surface area contributed by atoms with Crippen LogP contribution in [0, 0.1) is 12.8 Å². The third kappa shape index (κ3) is 8.39. The van der Waals surface area contributed by atoms with Gasteiger partial charge in [-0.05, 0) is 82.6 Å². The number of alkyl halides is 3. The van der Waals surface area contributed by atoms with Gasteiger partial charge in [0.1, 0.15) is 5.75 Å². The number of hydrogen-bond acceptors (Lipinski definition) is 3. The Morgan fingerprint density at radius 3 is 2.35 bits per heavy atom. The van der Waals surface area contributed by atoms with Crippen molar-refractivity contribution in [2.75, 3.05) is 20.3 Å². The Kier molecular flexibility index (Phi) is 9.40. The van der Waals surface area contributed by atoms with Crippen LogP contribution in [-0.2, 0) is 15.7 Å². The molecule has 1 aromatic carbocycles. The van der Waals surface area contributed by atoms with Gasteiger partial charge < -0.3 is 9.47 Å². The zero-order valence-corrected chi connectivity index (χ0v) is 20.0. The van der Waals surface area contributed by atoms with Gasteiger partial charge in [-0.3, -0.25) is 0 Å². The Labute approximate surface area is 186 Å². The minimum absolute atomic E-state index is 0.0928. The van der Waals surface area contributed by atoms with Gasteiger partial charge >= 0.3 is 6.18 Å². The number of nitrogens with one attached hydrogen (secondary N) is 1. The zero-order valence-electron chi connectivity index (χ0n) is 19.2. The van der Waals surface area contributed by atoms with Gasteiger partial charge in [0.05, 0.1) is 34.9 Å². The lowest BCUT2D eigenvalue weighted by molar-refractivity contribution is -0.139. The van der Waals surface area contributed by atoms with E-state index in [1.807, 2.05) is 39.8 Å². The first-order valence-electron chi connectivity index (χ1n) is 10.9. The van der Waals surface area contributed by atoms with E-state index in [2.05, 4.69) is 4.72 Å². The third-order valence-corrected chi connectivity index (χ3v) is 7.46. The number of rotatable bonds is 9. The predicted octanol–water partition coefficient (Wildman–Crippen LogP) is 5.67. The minimum atomic E-state index is -4.24. The first-order valence-corrected chi connectivity index (χ1v) is 12.0. The maximum atomic E-state index is 12.6. The van der Waals surface area contributed by atoms with Crippen molar-refractivity contribution in [2.45, 2.75) is 82.7 Å². The van der Waals surface area contributed by atoms with Gasteiger partial charge in [0.25, 0.3) is 0 Å². The summed E-state index contributed by atoms with van der Waals surface area (Å²) < 4.78 is 63.8. The van der Waals surface area contributed by atoms with Crippen LogP contribution in [-0.4, -0.2) is 41.5 Å². The predicted molar refractivity (Wildman–Crippen MR) is 119 cm³/mol. The van der Waals surface area contributed by atoms with Crippen molar-refractivity contribution in [1.82, 2.24) is 4.72 Å². The number of ether oxygens (including phenoxy) is 2. The summed E-state index contributed by atoms with van der Waals surface area (Å²) in [5, 5.41) is 0. The summed E-state index contributed by atoms with van der Waals surface area (Å²) in [4.78, 5) is 0. The molecule has 0 spiro atoms. The molecule has 0 heterocycles. The molecule has 0 radical (unpaired) electrons. The van der Waals surface area contributed by atoms with Crippen molar-refractivity contribution < 1.29 is 26.9 Å². The fourth-order valence-electron chi connectivity index (χ4n) is 4.03. The van der Waals surface area contributed by atoms with E-state index in [4.69, 9.17) is 9.47 Å². The molecule has 0 aliphatic heterocycles. The molecule has 1 fully saturated rings. The molecule has 1 aliphatic rings. The summed E-state index contributed by atoms with van der Waals surface area (Å²) in [6.07, 6.45) is -1.02. The van der Waals surface area contributed by atoms with Crippen molar-refractivity contribution >= 4 is 11.0 Å². The molecule has 1 aliphatic carbocycles. The molecule has 0 bridgehead atoms. The van der Waals surface area contributed by atoms with Gasteiger partial charge in [-0.1, -0.05) is 6.07 Å². The molecule has 0 aromatic heterocycles. The lowest BCUT2D eigenvalue weighted by atomic mass is 9.75. The van der Waals surface area contributed by atoms with Crippen LogP contribution in [0.4, 0.5) is 13.2 Å². The van der Waals surface area contributed by atoms with Gasteiger partial charge in [-0.2, -0.15) is 13.2 Å². The molecular weight excluding hydrogens is 427 g/mol. The fraction of sp³-hybridized carbons (Fsp3) is 0.739. The third-order valence-electron chi connectivity index (χ3n) is 5.92. The van der Waals surface area contributed by atoms with E-state index in [1.54, 1.807) is 13.2 Å². The second-order valence-corrected chi connectivity index (χ2v) is 11.4. The van der Waals surface area contributed by atoms with E-state index in [0.717, 1.165) is 36.8 Å². The van der Waals surface area contributed by atoms with E-state index in [9.17, 15) is 17.4 Å². The first-order chi connectivity index (χ1) is 14.4. The molecule has 31 heavy (non-hydrogen) atoms. The molecular formula is C23H36F3NO3S. The normalized spacial score (nSPS) is 22.2. The fourth-order valence-corrected chi connectivity index (χ4v) is 4.80. The standard InChI is InChI=1S/C23H36F3NO3S/c1-16-6-9-19(30-13-12-23(24,25)26)14-20(16)21(15-27-31(28)22(2,3)4)17-7-10-18(29-5)11-8-17/h6,9,14,17-18,21,27H,7-8,10-13,15H2,1-5H3. The van der Waals surface area contributed by atoms with Crippen LogP contribution in [0.15, 0.2) is 18.2 Å². The van der Waals surface area contributed by atoms with Gasteiger partial charge in [0, 0.05) is 19.6 Å². The van der Waals surface area contributed by atoms with Crippen molar-refractivity contribution in [3.63, 3.8) is 0 Å². The molecule has 178 valence electrons. The smallest absolute Gasteiger partial charge is 0.392 e. The van der Waals surface area contributed by atoms with E-state index in [-0.39, 0.29) is 16.8 Å². The van der Waals surface area contributed by atoms with Crippen LogP contribution in [0.25, 0.3) is 0 Å². The summed E-state index contributed by atoms with van der Waals surface area (Å²) >= 11 is 0. The molecule has 1 aromatic rings. The van der Waals surface area contributed by atoms with Crippen LogP contribution in [0.5, 0.6) is 5.75 Å². The van der Waals surface area contributed by atoms with Crippen LogP contribution in [0.2, 0.25) is 0 Å². The van der Waals surface area contributed by atoms with E-state index < -0.39 is 30.2 Å². The average Bonchev–Trinajstić information content (AvgIpc) is 2.68. The quantitative estimate of drug-likeness (QED) is 0.514. The molecule has 2 atom stereocenters. The highest BCUT2D eigenvalue weighted by atomic mass is 32.2. The summed E-state index contributed by atoms with van der Waals surface area (Å²) in [7, 11) is 0.536. The highest BCUT2D eigenvalue weighted by Crippen LogP contribution is 2.39. The lowest BCUT2D eigenvalue weighted by Gasteiger charge is -2.35. The van der Waals surface area contributed by atoms with Crippen LogP contribution >= 0.6 is 0 Å². The number of halogens is 3. The topological polar surface area (TPSA) is 47.6 Å². The highest BCUT2D eigenvalue weighted by Gasteiger charge is 2.31. The monoisotopic (exact) mass is 463 g/mol. The highest BCUT2D eigenvalue weighted by molar-refractivity contribution is 7.84. The van der Waals surface area contributed by atoms with E-state index in [1.165, 1.54) is 0 Å². The molecule has 2 unspecified atom stereocenters. The van der Waals surface area contributed by atoms with Crippen LogP contribution < -0.4 is 9.46 Å². The number of methoxy groups -OCH3 is 1. The van der Waals surface area contributed by atoms with Crippen molar-refractivity contribution in [2.24, 2.45) is 5.92 Å².